The van der Waals surface area contributed by atoms with Crippen LogP contribution in [0.5, 0.6) is 11.5 Å². The molecule has 0 atom stereocenters. The lowest BCUT2D eigenvalue weighted by Crippen LogP contribution is -2.39. The molecule has 0 aliphatic rings. The third-order valence-electron chi connectivity index (χ3n) is 3.88. The summed E-state index contributed by atoms with van der Waals surface area (Å²) in [6.07, 6.45) is 5.69. The highest BCUT2D eigenvalue weighted by Crippen LogP contribution is 2.28. The molecular weight excluding hydrogens is 330 g/mol. The van der Waals surface area contributed by atoms with Gasteiger partial charge in [-0.25, -0.2) is 0 Å². The Bertz CT molecular complexity index is 671. The third-order valence-corrected chi connectivity index (χ3v) is 3.88. The number of guanidine groups is 1. The Labute approximate surface area is 155 Å². The molecule has 0 radical (unpaired) electrons. The quantitative estimate of drug-likeness (QED) is 0.386. The maximum Gasteiger partial charge on any atom is 0.191 e. The molecule has 0 aliphatic heterocycles. The second-order valence-corrected chi connectivity index (χ2v) is 5.72. The van der Waals surface area contributed by atoms with Gasteiger partial charge >= 0.3 is 0 Å². The van der Waals surface area contributed by atoms with E-state index in [4.69, 9.17) is 9.47 Å². The Morgan fingerprint density at radius 1 is 1.23 bits per heavy atom. The van der Waals surface area contributed by atoms with E-state index in [1.165, 1.54) is 5.56 Å². The van der Waals surface area contributed by atoms with Crippen molar-refractivity contribution < 1.29 is 9.47 Å². The van der Waals surface area contributed by atoms with E-state index >= 15 is 0 Å². The van der Waals surface area contributed by atoms with Crippen LogP contribution in [-0.4, -0.2) is 49.6 Å². The predicted molar refractivity (Wildman–Crippen MR) is 104 cm³/mol. The van der Waals surface area contributed by atoms with Crippen molar-refractivity contribution in [1.82, 2.24) is 20.4 Å². The molecule has 0 unspecified atom stereocenters. The summed E-state index contributed by atoms with van der Waals surface area (Å²) >= 11 is 0. The van der Waals surface area contributed by atoms with Gasteiger partial charge in [0.15, 0.2) is 17.5 Å². The van der Waals surface area contributed by atoms with Crippen LogP contribution in [0.2, 0.25) is 0 Å². The Balaban J connectivity index is 1.70. The van der Waals surface area contributed by atoms with Gasteiger partial charge in [-0.3, -0.25) is 9.67 Å². The van der Waals surface area contributed by atoms with Crippen molar-refractivity contribution in [2.45, 2.75) is 26.3 Å². The van der Waals surface area contributed by atoms with Gasteiger partial charge in [-0.1, -0.05) is 6.07 Å². The van der Waals surface area contributed by atoms with E-state index in [-0.39, 0.29) is 0 Å². The molecule has 0 fully saturated rings. The number of rotatable bonds is 10. The summed E-state index contributed by atoms with van der Waals surface area (Å²) in [5, 5.41) is 10.8. The van der Waals surface area contributed by atoms with E-state index in [0.717, 1.165) is 49.9 Å². The molecular formula is C19H29N5O2. The van der Waals surface area contributed by atoms with Gasteiger partial charge in [-0.2, -0.15) is 5.10 Å². The first-order chi connectivity index (χ1) is 12.8. The van der Waals surface area contributed by atoms with Crippen molar-refractivity contribution in [3.8, 4) is 11.5 Å². The Hall–Kier alpha value is -2.70. The number of ether oxygens (including phenoxy) is 2. The largest absolute Gasteiger partial charge is 0.493 e. The highest BCUT2D eigenvalue weighted by Gasteiger charge is 2.05. The number of aryl methyl sites for hydroxylation is 1. The van der Waals surface area contributed by atoms with E-state index in [0.29, 0.717) is 6.61 Å². The molecule has 0 amide bonds. The molecule has 7 nitrogen and oxygen atoms in total. The molecule has 26 heavy (non-hydrogen) atoms. The van der Waals surface area contributed by atoms with Crippen molar-refractivity contribution in [2.75, 3.05) is 33.9 Å². The molecule has 2 aromatic rings. The van der Waals surface area contributed by atoms with Gasteiger partial charge in [0, 0.05) is 32.5 Å². The summed E-state index contributed by atoms with van der Waals surface area (Å²) in [6.45, 7) is 5.03. The zero-order valence-corrected chi connectivity index (χ0v) is 15.9. The van der Waals surface area contributed by atoms with Crippen molar-refractivity contribution in [3.63, 3.8) is 0 Å². The van der Waals surface area contributed by atoms with Crippen LogP contribution in [0.1, 0.15) is 18.9 Å². The van der Waals surface area contributed by atoms with Gasteiger partial charge < -0.3 is 20.1 Å². The topological polar surface area (TPSA) is 72.7 Å². The molecule has 1 aromatic carbocycles. The molecule has 0 bridgehead atoms. The summed E-state index contributed by atoms with van der Waals surface area (Å²) in [4.78, 5) is 4.24. The minimum absolute atomic E-state index is 0.627. The molecule has 142 valence electrons. The molecule has 0 spiro atoms. The van der Waals surface area contributed by atoms with Crippen LogP contribution < -0.4 is 20.1 Å². The van der Waals surface area contributed by atoms with Gasteiger partial charge in [0.2, 0.25) is 0 Å². The summed E-state index contributed by atoms with van der Waals surface area (Å²) in [7, 11) is 3.44. The van der Waals surface area contributed by atoms with Gasteiger partial charge in [-0.05, 0) is 43.5 Å². The molecule has 0 saturated heterocycles. The van der Waals surface area contributed by atoms with E-state index in [2.05, 4.69) is 32.9 Å². The fourth-order valence-electron chi connectivity index (χ4n) is 2.59. The van der Waals surface area contributed by atoms with Crippen molar-refractivity contribution in [3.05, 3.63) is 42.2 Å². The monoisotopic (exact) mass is 359 g/mol. The van der Waals surface area contributed by atoms with Crippen LogP contribution in [0.25, 0.3) is 0 Å². The normalized spacial score (nSPS) is 11.3. The molecule has 2 rings (SSSR count). The molecule has 0 saturated carbocycles. The van der Waals surface area contributed by atoms with Crippen molar-refractivity contribution >= 4 is 5.96 Å². The number of hydrogen-bond acceptors (Lipinski definition) is 4. The standard InChI is InChI=1S/C19H29N5O2/c1-4-26-18-15-16(8-9-17(18)25-3)7-5-10-21-19(20-2)22-12-14-24-13-6-11-23-24/h6,8-9,11,13,15H,4-5,7,10,12,14H2,1-3H3,(H2,20,21,22). The van der Waals surface area contributed by atoms with E-state index in [1.807, 2.05) is 29.9 Å². The van der Waals surface area contributed by atoms with Gasteiger partial charge in [0.05, 0.1) is 20.3 Å². The van der Waals surface area contributed by atoms with Gasteiger partial charge in [0.25, 0.3) is 0 Å². The molecule has 1 heterocycles. The summed E-state index contributed by atoms with van der Waals surface area (Å²) in [5.41, 5.74) is 1.23. The van der Waals surface area contributed by atoms with Gasteiger partial charge in [0.1, 0.15) is 0 Å². The maximum absolute atomic E-state index is 5.63. The maximum atomic E-state index is 5.63. The van der Waals surface area contributed by atoms with Crippen LogP contribution in [0, 0.1) is 0 Å². The van der Waals surface area contributed by atoms with Crippen LogP contribution in [0.3, 0.4) is 0 Å². The van der Waals surface area contributed by atoms with Crippen molar-refractivity contribution in [2.24, 2.45) is 4.99 Å². The first-order valence-corrected chi connectivity index (χ1v) is 8.98. The van der Waals surface area contributed by atoms with Crippen LogP contribution in [-0.2, 0) is 13.0 Å². The predicted octanol–water partition coefficient (Wildman–Crippen LogP) is 2.09. The minimum Gasteiger partial charge on any atom is -0.493 e. The average molecular weight is 359 g/mol. The third kappa shape index (κ3) is 6.31. The smallest absolute Gasteiger partial charge is 0.191 e. The van der Waals surface area contributed by atoms with Crippen LogP contribution >= 0.6 is 0 Å². The lowest BCUT2D eigenvalue weighted by Gasteiger charge is -2.13. The number of hydrogen-bond donors (Lipinski definition) is 2. The SMILES string of the molecule is CCOc1cc(CCCNC(=NC)NCCn2cccn2)ccc1OC. The number of nitrogens with zero attached hydrogens (tertiary/aromatic N) is 3. The zero-order valence-electron chi connectivity index (χ0n) is 15.9. The lowest BCUT2D eigenvalue weighted by molar-refractivity contribution is 0.310. The second kappa shape index (κ2) is 11.0. The molecule has 0 aliphatic carbocycles. The lowest BCUT2D eigenvalue weighted by atomic mass is 10.1. The Morgan fingerprint density at radius 2 is 2.08 bits per heavy atom. The van der Waals surface area contributed by atoms with Crippen molar-refractivity contribution in [1.29, 1.82) is 0 Å². The first kappa shape index (κ1) is 19.6. The number of benzene rings is 1. The van der Waals surface area contributed by atoms with Crippen LogP contribution in [0.4, 0.5) is 0 Å². The average Bonchev–Trinajstić information content (AvgIpc) is 3.17. The van der Waals surface area contributed by atoms with Gasteiger partial charge in [-0.15, -0.1) is 0 Å². The highest BCUT2D eigenvalue weighted by atomic mass is 16.5. The molecule has 7 heteroatoms. The second-order valence-electron chi connectivity index (χ2n) is 5.72. The summed E-state index contributed by atoms with van der Waals surface area (Å²) < 4.78 is 12.8. The van der Waals surface area contributed by atoms with Crippen LogP contribution in [0.15, 0.2) is 41.7 Å². The summed E-state index contributed by atoms with van der Waals surface area (Å²) in [6, 6.07) is 8.02. The highest BCUT2D eigenvalue weighted by molar-refractivity contribution is 5.79. The number of aliphatic imine (C=N–C) groups is 1. The minimum atomic E-state index is 0.627. The first-order valence-electron chi connectivity index (χ1n) is 8.98. The number of aromatic nitrogens is 2. The number of nitrogens with one attached hydrogen (secondary N) is 2. The fraction of sp³-hybridized carbons (Fsp3) is 0.474. The Morgan fingerprint density at radius 3 is 2.77 bits per heavy atom. The Kier molecular flexibility index (Phi) is 8.32. The van der Waals surface area contributed by atoms with E-state index in [9.17, 15) is 0 Å². The fourth-order valence-corrected chi connectivity index (χ4v) is 2.59. The zero-order chi connectivity index (χ0) is 18.6. The van der Waals surface area contributed by atoms with E-state index < -0.39 is 0 Å². The summed E-state index contributed by atoms with van der Waals surface area (Å²) in [5.74, 6) is 2.38. The van der Waals surface area contributed by atoms with E-state index in [1.54, 1.807) is 20.4 Å². The molecule has 1 aromatic heterocycles. The number of methoxy groups -OCH3 is 1. The molecule has 2 N–H and O–H groups in total.